The second kappa shape index (κ2) is 4.73. The molecular formula is C9H18O2. The van der Waals surface area contributed by atoms with Gasteiger partial charge in [0.15, 0.2) is 0 Å². The quantitative estimate of drug-likeness (QED) is 0.624. The van der Waals surface area contributed by atoms with Crippen molar-refractivity contribution in [3.05, 3.63) is 0 Å². The third kappa shape index (κ3) is 2.80. The van der Waals surface area contributed by atoms with Gasteiger partial charge in [-0.3, -0.25) is 0 Å². The minimum absolute atomic E-state index is 0.364. The third-order valence-electron chi connectivity index (χ3n) is 2.39. The zero-order valence-corrected chi connectivity index (χ0v) is 7.51. The van der Waals surface area contributed by atoms with E-state index in [1.807, 2.05) is 0 Å². The topological polar surface area (TPSA) is 18.5 Å². The van der Waals surface area contributed by atoms with Gasteiger partial charge in [-0.05, 0) is 18.8 Å². The Bertz CT molecular complexity index is 95.7. The van der Waals surface area contributed by atoms with Crippen LogP contribution >= 0.6 is 0 Å². The molecule has 1 rings (SSSR count). The molecule has 2 heteroatoms. The molecule has 0 N–H and O–H groups in total. The Morgan fingerprint density at radius 2 is 2.27 bits per heavy atom. The van der Waals surface area contributed by atoms with Gasteiger partial charge in [-0.25, -0.2) is 0 Å². The van der Waals surface area contributed by atoms with Gasteiger partial charge in [0.05, 0.1) is 12.7 Å². The van der Waals surface area contributed by atoms with E-state index in [0.29, 0.717) is 6.10 Å². The first-order chi connectivity index (χ1) is 5.36. The highest BCUT2D eigenvalue weighted by Crippen LogP contribution is 2.21. The standard InChI is InChI=1S/C9H18O2/c1-3-8-4-5-9(7-10-2)11-6-8/h8-9H,3-7H2,1-2H3. The average molecular weight is 158 g/mol. The molecule has 1 aliphatic rings. The lowest BCUT2D eigenvalue weighted by Crippen LogP contribution is -2.28. The van der Waals surface area contributed by atoms with Gasteiger partial charge in [0.25, 0.3) is 0 Å². The smallest absolute Gasteiger partial charge is 0.0808 e. The SMILES string of the molecule is CCC1CCC(COC)OC1. The summed E-state index contributed by atoms with van der Waals surface area (Å²) in [6.07, 6.45) is 4.10. The fraction of sp³-hybridized carbons (Fsp3) is 1.00. The number of rotatable bonds is 3. The first-order valence-corrected chi connectivity index (χ1v) is 4.47. The van der Waals surface area contributed by atoms with Gasteiger partial charge in [0, 0.05) is 13.7 Å². The van der Waals surface area contributed by atoms with Crippen LogP contribution < -0.4 is 0 Å². The lowest BCUT2D eigenvalue weighted by Gasteiger charge is -2.27. The maximum Gasteiger partial charge on any atom is 0.0808 e. The molecule has 0 aromatic heterocycles. The maximum atomic E-state index is 5.60. The van der Waals surface area contributed by atoms with Crippen LogP contribution in [-0.4, -0.2) is 26.4 Å². The van der Waals surface area contributed by atoms with Gasteiger partial charge < -0.3 is 9.47 Å². The van der Waals surface area contributed by atoms with Crippen LogP contribution in [0.4, 0.5) is 0 Å². The maximum absolute atomic E-state index is 5.60. The van der Waals surface area contributed by atoms with Crippen molar-refractivity contribution < 1.29 is 9.47 Å². The lowest BCUT2D eigenvalue weighted by atomic mass is 9.96. The highest BCUT2D eigenvalue weighted by atomic mass is 16.5. The minimum atomic E-state index is 0.364. The van der Waals surface area contributed by atoms with Gasteiger partial charge in [-0.15, -0.1) is 0 Å². The van der Waals surface area contributed by atoms with E-state index in [2.05, 4.69) is 6.92 Å². The van der Waals surface area contributed by atoms with E-state index in [-0.39, 0.29) is 0 Å². The summed E-state index contributed by atoms with van der Waals surface area (Å²) in [6.45, 7) is 3.92. The van der Waals surface area contributed by atoms with E-state index in [0.717, 1.165) is 19.1 Å². The van der Waals surface area contributed by atoms with Crippen molar-refractivity contribution in [3.63, 3.8) is 0 Å². The van der Waals surface area contributed by atoms with Crippen molar-refractivity contribution >= 4 is 0 Å². The van der Waals surface area contributed by atoms with Crippen molar-refractivity contribution in [1.82, 2.24) is 0 Å². The molecule has 0 spiro atoms. The number of hydrogen-bond donors (Lipinski definition) is 0. The predicted octanol–water partition coefficient (Wildman–Crippen LogP) is 1.84. The van der Waals surface area contributed by atoms with Crippen LogP contribution in [0, 0.1) is 5.92 Å². The molecule has 1 aliphatic heterocycles. The molecule has 2 nitrogen and oxygen atoms in total. The molecule has 1 heterocycles. The highest BCUT2D eigenvalue weighted by molar-refractivity contribution is 4.68. The second-order valence-electron chi connectivity index (χ2n) is 3.26. The molecule has 0 saturated carbocycles. The number of methoxy groups -OCH3 is 1. The Morgan fingerprint density at radius 3 is 2.73 bits per heavy atom. The zero-order chi connectivity index (χ0) is 8.10. The molecule has 0 bridgehead atoms. The van der Waals surface area contributed by atoms with Crippen LogP contribution in [0.1, 0.15) is 26.2 Å². The Balaban J connectivity index is 2.14. The summed E-state index contributed by atoms with van der Waals surface area (Å²) in [4.78, 5) is 0. The normalized spacial score (nSPS) is 32.2. The molecule has 2 unspecified atom stereocenters. The van der Waals surface area contributed by atoms with Crippen LogP contribution in [0.2, 0.25) is 0 Å². The van der Waals surface area contributed by atoms with Crippen molar-refractivity contribution in [3.8, 4) is 0 Å². The summed E-state index contributed by atoms with van der Waals surface area (Å²) >= 11 is 0. The number of ether oxygens (including phenoxy) is 2. The van der Waals surface area contributed by atoms with Gasteiger partial charge in [-0.1, -0.05) is 13.3 Å². The van der Waals surface area contributed by atoms with Crippen LogP contribution in [0.5, 0.6) is 0 Å². The fourth-order valence-corrected chi connectivity index (χ4v) is 1.50. The van der Waals surface area contributed by atoms with Gasteiger partial charge >= 0.3 is 0 Å². The zero-order valence-electron chi connectivity index (χ0n) is 7.51. The summed E-state index contributed by atoms with van der Waals surface area (Å²) in [5.74, 6) is 0.795. The van der Waals surface area contributed by atoms with Crippen molar-refractivity contribution in [2.45, 2.75) is 32.3 Å². The van der Waals surface area contributed by atoms with Crippen LogP contribution in [0.25, 0.3) is 0 Å². The van der Waals surface area contributed by atoms with E-state index in [4.69, 9.17) is 9.47 Å². The summed E-state index contributed by atoms with van der Waals surface area (Å²) in [7, 11) is 1.73. The van der Waals surface area contributed by atoms with E-state index >= 15 is 0 Å². The Labute approximate surface area is 68.9 Å². The first kappa shape index (κ1) is 9.01. The molecule has 1 saturated heterocycles. The third-order valence-corrected chi connectivity index (χ3v) is 2.39. The Morgan fingerprint density at radius 1 is 1.45 bits per heavy atom. The van der Waals surface area contributed by atoms with E-state index in [1.165, 1.54) is 19.3 Å². The minimum Gasteiger partial charge on any atom is -0.382 e. The van der Waals surface area contributed by atoms with Gasteiger partial charge in [-0.2, -0.15) is 0 Å². The average Bonchev–Trinajstić information content (AvgIpc) is 2.07. The van der Waals surface area contributed by atoms with E-state index in [9.17, 15) is 0 Å². The van der Waals surface area contributed by atoms with Crippen molar-refractivity contribution in [2.24, 2.45) is 5.92 Å². The summed E-state index contributed by atoms with van der Waals surface area (Å²) in [6, 6.07) is 0. The van der Waals surface area contributed by atoms with Crippen LogP contribution in [0.3, 0.4) is 0 Å². The molecule has 2 atom stereocenters. The molecular weight excluding hydrogens is 140 g/mol. The lowest BCUT2D eigenvalue weighted by molar-refractivity contribution is -0.0522. The second-order valence-corrected chi connectivity index (χ2v) is 3.26. The van der Waals surface area contributed by atoms with Crippen molar-refractivity contribution in [2.75, 3.05) is 20.3 Å². The fourth-order valence-electron chi connectivity index (χ4n) is 1.50. The molecule has 1 fully saturated rings. The molecule has 0 aliphatic carbocycles. The molecule has 0 aromatic rings. The molecule has 66 valence electrons. The van der Waals surface area contributed by atoms with Crippen LogP contribution in [-0.2, 0) is 9.47 Å². The van der Waals surface area contributed by atoms with E-state index in [1.54, 1.807) is 7.11 Å². The molecule has 0 radical (unpaired) electrons. The van der Waals surface area contributed by atoms with Gasteiger partial charge in [0.1, 0.15) is 0 Å². The highest BCUT2D eigenvalue weighted by Gasteiger charge is 2.19. The molecule has 0 amide bonds. The molecule has 11 heavy (non-hydrogen) atoms. The predicted molar refractivity (Wildman–Crippen MR) is 44.6 cm³/mol. The Kier molecular flexibility index (Phi) is 3.87. The monoisotopic (exact) mass is 158 g/mol. The first-order valence-electron chi connectivity index (χ1n) is 4.47. The van der Waals surface area contributed by atoms with Gasteiger partial charge in [0.2, 0.25) is 0 Å². The van der Waals surface area contributed by atoms with E-state index < -0.39 is 0 Å². The van der Waals surface area contributed by atoms with Crippen molar-refractivity contribution in [1.29, 1.82) is 0 Å². The summed E-state index contributed by atoms with van der Waals surface area (Å²) in [5, 5.41) is 0. The molecule has 0 aromatic carbocycles. The summed E-state index contributed by atoms with van der Waals surface area (Å²) < 4.78 is 10.6. The Hall–Kier alpha value is -0.0800. The number of hydrogen-bond acceptors (Lipinski definition) is 2. The summed E-state index contributed by atoms with van der Waals surface area (Å²) in [5.41, 5.74) is 0. The largest absolute Gasteiger partial charge is 0.382 e. The van der Waals surface area contributed by atoms with Crippen LogP contribution in [0.15, 0.2) is 0 Å².